The Balaban J connectivity index is 1.46. The quantitative estimate of drug-likeness (QED) is 0.733. The third-order valence-corrected chi connectivity index (χ3v) is 4.92. The molecule has 130 valence electrons. The summed E-state index contributed by atoms with van der Waals surface area (Å²) >= 11 is 0. The van der Waals surface area contributed by atoms with Gasteiger partial charge >= 0.3 is 0 Å². The zero-order chi connectivity index (χ0) is 17.4. The molecule has 6 nitrogen and oxygen atoms in total. The molecule has 0 saturated carbocycles. The summed E-state index contributed by atoms with van der Waals surface area (Å²) in [4.78, 5) is 4.65. The van der Waals surface area contributed by atoms with E-state index in [1.54, 1.807) is 16.6 Å². The monoisotopic (exact) mass is 340 g/mol. The average Bonchev–Trinajstić information content (AvgIpc) is 3.02. The summed E-state index contributed by atoms with van der Waals surface area (Å²) in [6.07, 6.45) is 0. The normalized spacial score (nSPS) is 17.2. The van der Waals surface area contributed by atoms with Crippen LogP contribution in [0.15, 0.2) is 36.4 Å². The molecule has 0 aliphatic carbocycles. The second-order valence-electron chi connectivity index (χ2n) is 6.46. The van der Waals surface area contributed by atoms with Crippen molar-refractivity contribution >= 4 is 11.5 Å². The zero-order valence-electron chi connectivity index (χ0n) is 14.4. The molecule has 0 radical (unpaired) electrons. The van der Waals surface area contributed by atoms with E-state index in [1.165, 1.54) is 6.07 Å². The Kier molecular flexibility index (Phi) is 4.09. The van der Waals surface area contributed by atoms with Crippen molar-refractivity contribution in [1.29, 1.82) is 0 Å². The van der Waals surface area contributed by atoms with Crippen LogP contribution in [0.25, 0.3) is 5.65 Å². The van der Waals surface area contributed by atoms with Crippen molar-refractivity contribution in [3.05, 3.63) is 53.6 Å². The Morgan fingerprint density at radius 3 is 2.60 bits per heavy atom. The predicted molar refractivity (Wildman–Crippen MR) is 94.1 cm³/mol. The van der Waals surface area contributed by atoms with Gasteiger partial charge in [-0.2, -0.15) is 4.52 Å². The minimum absolute atomic E-state index is 0.176. The van der Waals surface area contributed by atoms with Gasteiger partial charge in [0.2, 0.25) is 0 Å². The topological polar surface area (TPSA) is 49.6 Å². The summed E-state index contributed by atoms with van der Waals surface area (Å²) in [5.74, 6) is 1.55. The van der Waals surface area contributed by atoms with Crippen LogP contribution < -0.4 is 4.90 Å². The maximum absolute atomic E-state index is 13.5. The molecule has 1 saturated heterocycles. The van der Waals surface area contributed by atoms with Gasteiger partial charge in [-0.05, 0) is 43.7 Å². The predicted octanol–water partition coefficient (Wildman–Crippen LogP) is 2.46. The first kappa shape index (κ1) is 16.0. The summed E-state index contributed by atoms with van der Waals surface area (Å²) in [6.45, 7) is 7.64. The molecule has 0 spiro atoms. The van der Waals surface area contributed by atoms with Gasteiger partial charge in [0, 0.05) is 32.2 Å². The van der Waals surface area contributed by atoms with E-state index >= 15 is 0 Å². The van der Waals surface area contributed by atoms with Crippen molar-refractivity contribution in [2.45, 2.75) is 19.9 Å². The van der Waals surface area contributed by atoms with E-state index in [0.717, 1.165) is 49.0 Å². The van der Waals surface area contributed by atoms with Crippen molar-refractivity contribution in [2.75, 3.05) is 31.1 Å². The fraction of sp³-hybridized carbons (Fsp3) is 0.389. The van der Waals surface area contributed by atoms with E-state index in [1.807, 2.05) is 25.1 Å². The van der Waals surface area contributed by atoms with Gasteiger partial charge in [-0.15, -0.1) is 15.3 Å². The molecule has 7 heteroatoms. The van der Waals surface area contributed by atoms with E-state index in [2.05, 4.69) is 32.0 Å². The van der Waals surface area contributed by atoms with Crippen LogP contribution in [0.3, 0.4) is 0 Å². The van der Waals surface area contributed by atoms with Gasteiger partial charge in [0.25, 0.3) is 0 Å². The fourth-order valence-electron chi connectivity index (χ4n) is 3.37. The van der Waals surface area contributed by atoms with Crippen LogP contribution >= 0.6 is 0 Å². The van der Waals surface area contributed by atoms with E-state index in [0.29, 0.717) is 0 Å². The number of piperazine rings is 1. The van der Waals surface area contributed by atoms with Gasteiger partial charge in [0.05, 0.1) is 0 Å². The van der Waals surface area contributed by atoms with Crippen LogP contribution in [-0.4, -0.2) is 50.9 Å². The summed E-state index contributed by atoms with van der Waals surface area (Å²) in [5.41, 5.74) is 1.78. The lowest BCUT2D eigenvalue weighted by Gasteiger charge is -2.38. The minimum Gasteiger partial charge on any atom is -0.353 e. The molecular weight excluding hydrogens is 319 g/mol. The summed E-state index contributed by atoms with van der Waals surface area (Å²) in [7, 11) is 0. The van der Waals surface area contributed by atoms with Gasteiger partial charge in [0.15, 0.2) is 11.5 Å². The highest BCUT2D eigenvalue weighted by atomic mass is 19.1. The number of hydrogen-bond donors (Lipinski definition) is 0. The van der Waals surface area contributed by atoms with Gasteiger partial charge in [-0.3, -0.25) is 4.90 Å². The molecule has 1 fully saturated rings. The van der Waals surface area contributed by atoms with Crippen LogP contribution in [0.2, 0.25) is 0 Å². The highest BCUT2D eigenvalue weighted by Crippen LogP contribution is 2.23. The summed E-state index contributed by atoms with van der Waals surface area (Å²) in [6, 6.07) is 11.0. The smallest absolute Gasteiger partial charge is 0.178 e. The SMILES string of the molecule is Cc1nnc2ccc(N3CCN([C@@H](C)c4cccc(F)c4)CC3)nn12. The number of anilines is 1. The second-order valence-corrected chi connectivity index (χ2v) is 6.46. The number of rotatable bonds is 3. The maximum Gasteiger partial charge on any atom is 0.178 e. The molecule has 0 N–H and O–H groups in total. The average molecular weight is 340 g/mol. The molecular formula is C18H21FN6. The Hall–Kier alpha value is -2.54. The molecule has 0 bridgehead atoms. The molecule has 4 rings (SSSR count). The zero-order valence-corrected chi connectivity index (χ0v) is 14.4. The molecule has 2 aromatic heterocycles. The number of hydrogen-bond acceptors (Lipinski definition) is 5. The van der Waals surface area contributed by atoms with Gasteiger partial charge < -0.3 is 4.90 Å². The molecule has 3 aromatic rings. The first-order chi connectivity index (χ1) is 12.1. The van der Waals surface area contributed by atoms with E-state index in [4.69, 9.17) is 0 Å². The number of halogens is 1. The number of aryl methyl sites for hydroxylation is 1. The van der Waals surface area contributed by atoms with Gasteiger partial charge in [-0.25, -0.2) is 4.39 Å². The molecule has 0 unspecified atom stereocenters. The molecule has 1 aromatic carbocycles. The highest BCUT2D eigenvalue weighted by molar-refractivity contribution is 5.46. The highest BCUT2D eigenvalue weighted by Gasteiger charge is 2.23. The van der Waals surface area contributed by atoms with Crippen LogP contribution in [0.5, 0.6) is 0 Å². The standard InChI is InChI=1S/C18H21FN6/c1-13(15-4-3-5-16(19)12-15)23-8-10-24(11-9-23)18-7-6-17-21-20-14(2)25(17)22-18/h3-7,12-13H,8-11H2,1-2H3/t13-/m0/s1. The van der Waals surface area contributed by atoms with Crippen molar-refractivity contribution in [1.82, 2.24) is 24.7 Å². The lowest BCUT2D eigenvalue weighted by Crippen LogP contribution is -2.47. The maximum atomic E-state index is 13.5. The van der Waals surface area contributed by atoms with Crippen LogP contribution in [0, 0.1) is 12.7 Å². The van der Waals surface area contributed by atoms with Gasteiger partial charge in [0.1, 0.15) is 11.6 Å². The lowest BCUT2D eigenvalue weighted by atomic mass is 10.1. The largest absolute Gasteiger partial charge is 0.353 e. The van der Waals surface area contributed by atoms with Crippen molar-refractivity contribution < 1.29 is 4.39 Å². The Morgan fingerprint density at radius 1 is 1.04 bits per heavy atom. The van der Waals surface area contributed by atoms with Crippen LogP contribution in [0.1, 0.15) is 24.4 Å². The third-order valence-electron chi connectivity index (χ3n) is 4.92. The summed E-state index contributed by atoms with van der Waals surface area (Å²) in [5, 5.41) is 12.8. The first-order valence-corrected chi connectivity index (χ1v) is 8.55. The minimum atomic E-state index is -0.176. The van der Waals surface area contributed by atoms with E-state index in [9.17, 15) is 4.39 Å². The lowest BCUT2D eigenvalue weighted by molar-refractivity contribution is 0.198. The molecule has 3 heterocycles. The molecule has 1 atom stereocenters. The number of benzene rings is 1. The summed E-state index contributed by atoms with van der Waals surface area (Å²) < 4.78 is 15.2. The number of fused-ring (bicyclic) bond motifs is 1. The number of nitrogens with zero attached hydrogens (tertiary/aromatic N) is 6. The van der Waals surface area contributed by atoms with Crippen molar-refractivity contribution in [3.63, 3.8) is 0 Å². The number of aromatic nitrogens is 4. The van der Waals surface area contributed by atoms with Crippen LogP contribution in [0.4, 0.5) is 10.2 Å². The molecule has 1 aliphatic rings. The van der Waals surface area contributed by atoms with Gasteiger partial charge in [-0.1, -0.05) is 12.1 Å². The fourth-order valence-corrected chi connectivity index (χ4v) is 3.37. The Morgan fingerprint density at radius 2 is 1.84 bits per heavy atom. The second kappa shape index (κ2) is 6.40. The molecule has 25 heavy (non-hydrogen) atoms. The van der Waals surface area contributed by atoms with Crippen LogP contribution in [-0.2, 0) is 0 Å². The molecule has 1 aliphatic heterocycles. The first-order valence-electron chi connectivity index (χ1n) is 8.55. The third kappa shape index (κ3) is 3.07. The van der Waals surface area contributed by atoms with E-state index in [-0.39, 0.29) is 11.9 Å². The Labute approximate surface area is 145 Å². The van der Waals surface area contributed by atoms with Crippen molar-refractivity contribution in [2.24, 2.45) is 0 Å². The van der Waals surface area contributed by atoms with E-state index < -0.39 is 0 Å². The molecule has 0 amide bonds. The Bertz CT molecular complexity index is 884. The van der Waals surface area contributed by atoms with Crippen molar-refractivity contribution in [3.8, 4) is 0 Å².